The van der Waals surface area contributed by atoms with Crippen molar-refractivity contribution in [3.63, 3.8) is 0 Å². The van der Waals surface area contributed by atoms with Crippen LogP contribution in [-0.2, 0) is 14.9 Å². The van der Waals surface area contributed by atoms with E-state index in [9.17, 15) is 14.0 Å². The molecule has 1 saturated carbocycles. The van der Waals surface area contributed by atoms with Crippen LogP contribution in [0, 0.1) is 0 Å². The molecule has 1 aliphatic rings. The summed E-state index contributed by atoms with van der Waals surface area (Å²) in [5.74, 6) is 0.213. The van der Waals surface area contributed by atoms with E-state index in [2.05, 4.69) is 4.74 Å². The Morgan fingerprint density at radius 2 is 1.72 bits per heavy atom. The van der Waals surface area contributed by atoms with Crippen LogP contribution < -0.4 is 16.2 Å². The second-order valence-corrected chi connectivity index (χ2v) is 6.20. The molecule has 0 aromatic heterocycles. The summed E-state index contributed by atoms with van der Waals surface area (Å²) in [5, 5.41) is 0. The van der Waals surface area contributed by atoms with Crippen molar-refractivity contribution in [1.82, 2.24) is 0 Å². The molecule has 2 rings (SSSR count). The van der Waals surface area contributed by atoms with Crippen LogP contribution >= 0.6 is 0 Å². The molecule has 0 spiro atoms. The van der Waals surface area contributed by atoms with E-state index in [1.54, 1.807) is 12.1 Å². The number of ether oxygens (including phenoxy) is 2. The summed E-state index contributed by atoms with van der Waals surface area (Å²) in [5.41, 5.74) is 10.9. The Kier molecular flexibility index (Phi) is 6.38. The van der Waals surface area contributed by atoms with Gasteiger partial charge in [-0.2, -0.15) is 0 Å². The maximum Gasteiger partial charge on any atom is 0.404 e. The SMILES string of the molecule is NC(=O)OCC(=CF)COc1ccc(C2(C(N)=O)CCCCC2)cc1. The maximum atomic E-state index is 12.7. The molecule has 0 bridgehead atoms. The normalized spacial score (nSPS) is 16.9. The van der Waals surface area contributed by atoms with Gasteiger partial charge in [-0.3, -0.25) is 4.79 Å². The van der Waals surface area contributed by atoms with Crippen LogP contribution in [0.5, 0.6) is 5.75 Å². The smallest absolute Gasteiger partial charge is 0.404 e. The Balaban J connectivity index is 2.01. The quantitative estimate of drug-likeness (QED) is 0.789. The highest BCUT2D eigenvalue weighted by atomic mass is 19.1. The number of carbonyl (C=O) groups excluding carboxylic acids is 2. The zero-order valence-corrected chi connectivity index (χ0v) is 14.0. The van der Waals surface area contributed by atoms with Gasteiger partial charge in [0, 0.05) is 5.57 Å². The van der Waals surface area contributed by atoms with E-state index in [1.807, 2.05) is 12.1 Å². The average molecular weight is 350 g/mol. The van der Waals surface area contributed by atoms with Crippen molar-refractivity contribution >= 4 is 12.0 Å². The standard InChI is InChI=1S/C18H23FN2O4/c19-10-13(12-25-17(21)23)11-24-15-6-4-14(5-7-15)18(16(20)22)8-2-1-3-9-18/h4-7,10H,1-3,8-9,11-12H2,(H2,20,22)(H2,21,23). The van der Waals surface area contributed by atoms with E-state index in [-0.39, 0.29) is 24.7 Å². The van der Waals surface area contributed by atoms with Crippen molar-refractivity contribution in [1.29, 1.82) is 0 Å². The van der Waals surface area contributed by atoms with Crippen molar-refractivity contribution < 1.29 is 23.5 Å². The second kappa shape index (κ2) is 8.50. The molecule has 0 unspecified atom stereocenters. The molecule has 7 heteroatoms. The number of rotatable bonds is 7. The molecule has 1 fully saturated rings. The molecule has 1 aromatic carbocycles. The first-order valence-electron chi connectivity index (χ1n) is 8.21. The fourth-order valence-corrected chi connectivity index (χ4v) is 3.15. The summed E-state index contributed by atoms with van der Waals surface area (Å²) in [6.07, 6.45) is 3.91. The monoisotopic (exact) mass is 350 g/mol. The Labute approximate surface area is 146 Å². The minimum absolute atomic E-state index is 0.0793. The molecule has 4 N–H and O–H groups in total. The van der Waals surface area contributed by atoms with Gasteiger partial charge >= 0.3 is 6.09 Å². The second-order valence-electron chi connectivity index (χ2n) is 6.20. The van der Waals surface area contributed by atoms with E-state index in [0.29, 0.717) is 12.1 Å². The van der Waals surface area contributed by atoms with Gasteiger partial charge in [0.2, 0.25) is 5.91 Å². The molecule has 136 valence electrons. The number of halogens is 1. The maximum absolute atomic E-state index is 12.7. The fourth-order valence-electron chi connectivity index (χ4n) is 3.15. The van der Waals surface area contributed by atoms with Crippen LogP contribution in [0.4, 0.5) is 9.18 Å². The van der Waals surface area contributed by atoms with Gasteiger partial charge in [0.05, 0.1) is 11.7 Å². The number of hydrogen-bond acceptors (Lipinski definition) is 4. The lowest BCUT2D eigenvalue weighted by atomic mass is 9.69. The number of carbonyl (C=O) groups is 2. The Bertz CT molecular complexity index is 637. The van der Waals surface area contributed by atoms with Crippen LogP contribution in [0.25, 0.3) is 0 Å². The van der Waals surface area contributed by atoms with Gasteiger partial charge in [0.1, 0.15) is 19.0 Å². The van der Waals surface area contributed by atoms with Crippen LogP contribution in [-0.4, -0.2) is 25.2 Å². The van der Waals surface area contributed by atoms with Gasteiger partial charge in [0.25, 0.3) is 0 Å². The van der Waals surface area contributed by atoms with E-state index in [0.717, 1.165) is 37.7 Å². The lowest BCUT2D eigenvalue weighted by Crippen LogP contribution is -2.42. The zero-order valence-electron chi connectivity index (χ0n) is 14.0. The first-order chi connectivity index (χ1) is 12.0. The van der Waals surface area contributed by atoms with Gasteiger partial charge in [0.15, 0.2) is 0 Å². The number of primary amides is 2. The highest BCUT2D eigenvalue weighted by molar-refractivity contribution is 5.86. The summed E-state index contributed by atoms with van der Waals surface area (Å²) in [6.45, 7) is -0.348. The van der Waals surface area contributed by atoms with E-state index >= 15 is 0 Å². The van der Waals surface area contributed by atoms with Crippen LogP contribution in [0.2, 0.25) is 0 Å². The van der Waals surface area contributed by atoms with Crippen LogP contribution in [0.15, 0.2) is 36.2 Å². The first kappa shape index (κ1) is 18.8. The minimum Gasteiger partial charge on any atom is -0.489 e. The molecule has 0 heterocycles. The number of nitrogens with two attached hydrogens (primary N) is 2. The largest absolute Gasteiger partial charge is 0.489 e. The number of amides is 2. The third kappa shape index (κ3) is 4.71. The van der Waals surface area contributed by atoms with Gasteiger partial charge in [-0.05, 0) is 30.5 Å². The molecule has 2 amide bonds. The van der Waals surface area contributed by atoms with E-state index in [1.165, 1.54) is 0 Å². The Morgan fingerprint density at radius 3 is 2.24 bits per heavy atom. The molecular weight excluding hydrogens is 327 g/mol. The molecule has 0 radical (unpaired) electrons. The Morgan fingerprint density at radius 1 is 1.08 bits per heavy atom. The Hall–Kier alpha value is -2.57. The van der Waals surface area contributed by atoms with Crippen LogP contribution in [0.3, 0.4) is 0 Å². The van der Waals surface area contributed by atoms with Crippen molar-refractivity contribution in [2.45, 2.75) is 37.5 Å². The van der Waals surface area contributed by atoms with E-state index in [4.69, 9.17) is 16.2 Å². The van der Waals surface area contributed by atoms with Gasteiger partial charge < -0.3 is 20.9 Å². The first-order valence-corrected chi connectivity index (χ1v) is 8.21. The van der Waals surface area contributed by atoms with E-state index < -0.39 is 11.5 Å². The van der Waals surface area contributed by atoms with Crippen molar-refractivity contribution in [2.24, 2.45) is 11.5 Å². The topological polar surface area (TPSA) is 105 Å². The lowest BCUT2D eigenvalue weighted by molar-refractivity contribution is -0.124. The predicted molar refractivity (Wildman–Crippen MR) is 90.6 cm³/mol. The third-order valence-corrected chi connectivity index (χ3v) is 4.56. The molecule has 1 aromatic rings. The third-order valence-electron chi connectivity index (χ3n) is 4.56. The van der Waals surface area contributed by atoms with Gasteiger partial charge in [-0.15, -0.1) is 0 Å². The van der Waals surface area contributed by atoms with Crippen molar-refractivity contribution in [2.75, 3.05) is 13.2 Å². The molecule has 25 heavy (non-hydrogen) atoms. The van der Waals surface area contributed by atoms with Gasteiger partial charge in [-0.1, -0.05) is 31.4 Å². The minimum atomic E-state index is -0.979. The van der Waals surface area contributed by atoms with Crippen LogP contribution in [0.1, 0.15) is 37.7 Å². The van der Waals surface area contributed by atoms with Crippen molar-refractivity contribution in [3.8, 4) is 5.75 Å². The predicted octanol–water partition coefficient (Wildman–Crippen LogP) is 2.70. The summed E-state index contributed by atoms with van der Waals surface area (Å²) in [4.78, 5) is 22.6. The molecule has 1 aliphatic carbocycles. The summed E-state index contributed by atoms with van der Waals surface area (Å²) >= 11 is 0. The zero-order chi connectivity index (χ0) is 18.3. The number of hydrogen-bond donors (Lipinski definition) is 2. The van der Waals surface area contributed by atoms with Crippen molar-refractivity contribution in [3.05, 3.63) is 41.7 Å². The summed E-state index contributed by atoms with van der Waals surface area (Å²) in [6, 6.07) is 7.09. The lowest BCUT2D eigenvalue weighted by Gasteiger charge is -2.34. The highest BCUT2D eigenvalue weighted by Crippen LogP contribution is 2.39. The molecule has 6 nitrogen and oxygen atoms in total. The number of benzene rings is 1. The molecule has 0 atom stereocenters. The summed E-state index contributed by atoms with van der Waals surface area (Å²) < 4.78 is 22.7. The fraction of sp³-hybridized carbons (Fsp3) is 0.444. The molecule has 0 saturated heterocycles. The molecule has 0 aliphatic heterocycles. The average Bonchev–Trinajstić information content (AvgIpc) is 2.62. The summed E-state index contributed by atoms with van der Waals surface area (Å²) in [7, 11) is 0. The van der Waals surface area contributed by atoms with Gasteiger partial charge in [-0.25, -0.2) is 9.18 Å². The molecular formula is C18H23FN2O4. The highest BCUT2D eigenvalue weighted by Gasteiger charge is 2.39.